The summed E-state index contributed by atoms with van der Waals surface area (Å²) in [6, 6.07) is 18.8. The van der Waals surface area contributed by atoms with E-state index in [1.54, 1.807) is 36.4 Å². The third kappa shape index (κ3) is 3.26. The van der Waals surface area contributed by atoms with Crippen molar-refractivity contribution < 1.29 is 24.3 Å². The van der Waals surface area contributed by atoms with Gasteiger partial charge in [0.05, 0.1) is 26.8 Å². The number of carbonyl (C=O) groups is 2. The molecule has 2 saturated heterocycles. The highest BCUT2D eigenvalue weighted by atomic mass is 16.7. The number of carbonyl (C=O) groups excluding carboxylic acids is 2. The number of non-ortho nitro benzene ring substituents is 1. The lowest BCUT2D eigenvalue weighted by molar-refractivity contribution is -0.385. The Labute approximate surface area is 192 Å². The van der Waals surface area contributed by atoms with Crippen molar-refractivity contribution in [3.63, 3.8) is 0 Å². The van der Waals surface area contributed by atoms with Crippen molar-refractivity contribution in [3.05, 3.63) is 105 Å². The SMILES string of the molecule is O=C1[C@H]2[C@@H](ON(c3ccccc3)[C@H]2c2ccccc2[N+](=O)[O-])C(=O)N1c1ccc([N+](=O)[O-])cc1. The highest BCUT2D eigenvalue weighted by molar-refractivity contribution is 6.24. The normalized spacial score (nSPS) is 21.6. The molecule has 11 heteroatoms. The van der Waals surface area contributed by atoms with Gasteiger partial charge in [-0.05, 0) is 30.3 Å². The average Bonchev–Trinajstić information content (AvgIpc) is 3.35. The molecule has 0 aromatic heterocycles. The van der Waals surface area contributed by atoms with Gasteiger partial charge in [-0.15, -0.1) is 0 Å². The fourth-order valence-corrected chi connectivity index (χ4v) is 4.41. The number of rotatable bonds is 5. The first-order valence-electron chi connectivity index (χ1n) is 10.2. The van der Waals surface area contributed by atoms with Gasteiger partial charge in [0.1, 0.15) is 12.0 Å². The monoisotopic (exact) mass is 460 g/mol. The zero-order chi connectivity index (χ0) is 24.0. The van der Waals surface area contributed by atoms with E-state index in [2.05, 4.69) is 0 Å². The molecule has 3 aromatic carbocycles. The van der Waals surface area contributed by atoms with Crippen molar-refractivity contribution in [1.82, 2.24) is 0 Å². The number of imide groups is 1. The molecule has 3 atom stereocenters. The highest BCUT2D eigenvalue weighted by Gasteiger charge is 2.61. The summed E-state index contributed by atoms with van der Waals surface area (Å²) in [6.07, 6.45) is -1.22. The van der Waals surface area contributed by atoms with Crippen LogP contribution in [0.3, 0.4) is 0 Å². The molecule has 11 nitrogen and oxygen atoms in total. The lowest BCUT2D eigenvalue weighted by atomic mass is 9.89. The average molecular weight is 460 g/mol. The maximum atomic E-state index is 13.6. The molecule has 3 aromatic rings. The summed E-state index contributed by atoms with van der Waals surface area (Å²) < 4.78 is 0. The number of hydroxylamine groups is 1. The first kappa shape index (κ1) is 21.2. The Morgan fingerprint density at radius 3 is 2.03 bits per heavy atom. The van der Waals surface area contributed by atoms with Crippen molar-refractivity contribution >= 4 is 34.6 Å². The number of benzene rings is 3. The van der Waals surface area contributed by atoms with E-state index in [1.807, 2.05) is 0 Å². The van der Waals surface area contributed by atoms with E-state index in [1.165, 1.54) is 47.5 Å². The first-order chi connectivity index (χ1) is 16.4. The van der Waals surface area contributed by atoms with Crippen LogP contribution in [0.2, 0.25) is 0 Å². The van der Waals surface area contributed by atoms with E-state index < -0.39 is 39.7 Å². The number of para-hydroxylation sites is 2. The van der Waals surface area contributed by atoms with Crippen LogP contribution >= 0.6 is 0 Å². The van der Waals surface area contributed by atoms with Crippen LogP contribution < -0.4 is 9.96 Å². The Balaban J connectivity index is 1.60. The molecule has 5 rings (SSSR count). The minimum absolute atomic E-state index is 0.158. The van der Waals surface area contributed by atoms with Gasteiger partial charge in [0.2, 0.25) is 5.91 Å². The highest BCUT2D eigenvalue weighted by Crippen LogP contribution is 2.49. The second-order valence-corrected chi connectivity index (χ2v) is 7.76. The number of nitro groups is 2. The van der Waals surface area contributed by atoms with Gasteiger partial charge in [0.15, 0.2) is 6.10 Å². The van der Waals surface area contributed by atoms with Crippen molar-refractivity contribution in [1.29, 1.82) is 0 Å². The number of amides is 2. The number of nitrogens with zero attached hydrogens (tertiary/aromatic N) is 4. The van der Waals surface area contributed by atoms with Crippen molar-refractivity contribution in [2.45, 2.75) is 12.1 Å². The van der Waals surface area contributed by atoms with E-state index in [4.69, 9.17) is 4.84 Å². The number of anilines is 2. The second kappa shape index (κ2) is 8.05. The van der Waals surface area contributed by atoms with E-state index in [0.717, 1.165) is 4.90 Å². The van der Waals surface area contributed by atoms with E-state index in [0.29, 0.717) is 5.69 Å². The van der Waals surface area contributed by atoms with E-state index in [-0.39, 0.29) is 22.6 Å². The van der Waals surface area contributed by atoms with Crippen LogP contribution in [0.5, 0.6) is 0 Å². The number of fused-ring (bicyclic) bond motifs is 1. The Bertz CT molecular complexity index is 1310. The zero-order valence-corrected chi connectivity index (χ0v) is 17.4. The van der Waals surface area contributed by atoms with Gasteiger partial charge in [-0.1, -0.05) is 30.3 Å². The number of nitro benzene ring substituents is 2. The van der Waals surface area contributed by atoms with Gasteiger partial charge in [0, 0.05) is 18.2 Å². The zero-order valence-electron chi connectivity index (χ0n) is 17.4. The molecule has 34 heavy (non-hydrogen) atoms. The molecule has 2 heterocycles. The predicted octanol–water partition coefficient (Wildman–Crippen LogP) is 3.55. The Kier molecular flexibility index (Phi) is 5.02. The van der Waals surface area contributed by atoms with E-state index >= 15 is 0 Å². The molecule has 2 amide bonds. The molecule has 0 N–H and O–H groups in total. The van der Waals surface area contributed by atoms with Crippen LogP contribution in [0.4, 0.5) is 22.7 Å². The maximum absolute atomic E-state index is 13.6. The molecular formula is C23H16N4O7. The summed E-state index contributed by atoms with van der Waals surface area (Å²) >= 11 is 0. The molecule has 2 aliphatic heterocycles. The Morgan fingerprint density at radius 2 is 1.38 bits per heavy atom. The van der Waals surface area contributed by atoms with E-state index in [9.17, 15) is 29.8 Å². The predicted molar refractivity (Wildman–Crippen MR) is 119 cm³/mol. The molecule has 0 unspecified atom stereocenters. The van der Waals surface area contributed by atoms with Crippen molar-refractivity contribution in [2.24, 2.45) is 5.92 Å². The standard InChI is InChI=1S/C23H16N4O7/c28-22-19-20(17-8-4-5-9-18(17)27(32)33)25(15-6-2-1-3-7-15)34-21(19)23(29)24(22)14-10-12-16(13-11-14)26(30)31/h1-13,19-21H/t19-,20+,21-/m1/s1. The third-order valence-electron chi connectivity index (χ3n) is 5.90. The fraction of sp³-hybridized carbons (Fsp3) is 0.130. The van der Waals surface area contributed by atoms with Crippen LogP contribution in [0.15, 0.2) is 78.9 Å². The van der Waals surface area contributed by atoms with Crippen molar-refractivity contribution in [2.75, 3.05) is 9.96 Å². The van der Waals surface area contributed by atoms with Crippen LogP contribution in [-0.4, -0.2) is 27.8 Å². The summed E-state index contributed by atoms with van der Waals surface area (Å²) in [4.78, 5) is 55.3. The lowest BCUT2D eigenvalue weighted by Crippen LogP contribution is -2.37. The van der Waals surface area contributed by atoms with Crippen molar-refractivity contribution in [3.8, 4) is 0 Å². The van der Waals surface area contributed by atoms with Crippen LogP contribution in [0.25, 0.3) is 0 Å². The molecule has 0 bridgehead atoms. The number of hydrogen-bond acceptors (Lipinski definition) is 8. The molecule has 0 aliphatic carbocycles. The summed E-state index contributed by atoms with van der Waals surface area (Å²) in [7, 11) is 0. The molecule has 0 spiro atoms. The first-order valence-corrected chi connectivity index (χ1v) is 10.2. The van der Waals surface area contributed by atoms with Gasteiger partial charge in [0.25, 0.3) is 17.3 Å². The minimum Gasteiger partial charge on any atom is -0.273 e. The molecule has 2 aliphatic rings. The molecule has 0 saturated carbocycles. The van der Waals surface area contributed by atoms with Gasteiger partial charge in [-0.3, -0.25) is 34.7 Å². The summed E-state index contributed by atoms with van der Waals surface area (Å²) in [5.74, 6) is -2.32. The van der Waals surface area contributed by atoms with Crippen LogP contribution in [0, 0.1) is 26.1 Å². The van der Waals surface area contributed by atoms with Gasteiger partial charge < -0.3 is 0 Å². The van der Waals surface area contributed by atoms with Gasteiger partial charge in [-0.2, -0.15) is 0 Å². The third-order valence-corrected chi connectivity index (χ3v) is 5.90. The molecule has 2 fully saturated rings. The molecule has 0 radical (unpaired) electrons. The lowest BCUT2D eigenvalue weighted by Gasteiger charge is -2.28. The van der Waals surface area contributed by atoms with Gasteiger partial charge in [-0.25, -0.2) is 9.96 Å². The Morgan fingerprint density at radius 1 is 0.735 bits per heavy atom. The van der Waals surface area contributed by atoms with Gasteiger partial charge >= 0.3 is 0 Å². The molecular weight excluding hydrogens is 444 g/mol. The second-order valence-electron chi connectivity index (χ2n) is 7.76. The summed E-state index contributed by atoms with van der Waals surface area (Å²) in [5.41, 5.74) is 0.531. The largest absolute Gasteiger partial charge is 0.274 e. The molecule has 170 valence electrons. The fourth-order valence-electron chi connectivity index (χ4n) is 4.41. The summed E-state index contributed by atoms with van der Waals surface area (Å²) in [6.45, 7) is 0. The van der Waals surface area contributed by atoms with Crippen LogP contribution in [-0.2, 0) is 14.4 Å². The topological polar surface area (TPSA) is 136 Å². The smallest absolute Gasteiger partial charge is 0.273 e. The summed E-state index contributed by atoms with van der Waals surface area (Å²) in [5, 5.41) is 24.1. The minimum atomic E-state index is -1.22. The quantitative estimate of drug-likeness (QED) is 0.320. The van der Waals surface area contributed by atoms with Crippen LogP contribution in [0.1, 0.15) is 11.6 Å². The number of hydrogen-bond donors (Lipinski definition) is 0. The maximum Gasteiger partial charge on any atom is 0.274 e. The Hall–Kier alpha value is -4.64.